The SMILES string of the molecule is COc1ccc(C)cc1Nc1ccc(C(=O)N2CCCCCC2)nn1. The van der Waals surface area contributed by atoms with Gasteiger partial charge in [-0.25, -0.2) is 0 Å². The van der Waals surface area contributed by atoms with E-state index in [0.717, 1.165) is 42.9 Å². The molecule has 132 valence electrons. The smallest absolute Gasteiger partial charge is 0.274 e. The number of benzene rings is 1. The fourth-order valence-electron chi connectivity index (χ4n) is 3.01. The quantitative estimate of drug-likeness (QED) is 0.922. The molecular weight excluding hydrogens is 316 g/mol. The Labute approximate surface area is 148 Å². The van der Waals surface area contributed by atoms with Gasteiger partial charge in [0.2, 0.25) is 0 Å². The van der Waals surface area contributed by atoms with E-state index >= 15 is 0 Å². The number of nitrogens with zero attached hydrogens (tertiary/aromatic N) is 3. The number of aromatic nitrogens is 2. The van der Waals surface area contributed by atoms with Gasteiger partial charge in [0.05, 0.1) is 12.8 Å². The van der Waals surface area contributed by atoms with Gasteiger partial charge in [-0.05, 0) is 49.6 Å². The van der Waals surface area contributed by atoms with Crippen LogP contribution in [0.1, 0.15) is 41.7 Å². The Kier molecular flexibility index (Phi) is 5.48. The molecule has 1 amide bonds. The van der Waals surface area contributed by atoms with Crippen LogP contribution in [-0.2, 0) is 0 Å². The molecule has 0 aliphatic carbocycles. The molecule has 0 atom stereocenters. The Balaban J connectivity index is 1.72. The number of likely N-dealkylation sites (tertiary alicyclic amines) is 1. The molecule has 1 aliphatic rings. The lowest BCUT2D eigenvalue weighted by atomic mass is 10.2. The summed E-state index contributed by atoms with van der Waals surface area (Å²) in [7, 11) is 1.63. The summed E-state index contributed by atoms with van der Waals surface area (Å²) in [5.74, 6) is 1.28. The van der Waals surface area contributed by atoms with Gasteiger partial charge < -0.3 is 15.0 Å². The number of amides is 1. The van der Waals surface area contributed by atoms with Gasteiger partial charge in [0.15, 0.2) is 11.5 Å². The van der Waals surface area contributed by atoms with Gasteiger partial charge >= 0.3 is 0 Å². The molecular formula is C19H24N4O2. The van der Waals surface area contributed by atoms with E-state index in [1.54, 1.807) is 19.2 Å². The Morgan fingerprint density at radius 2 is 1.84 bits per heavy atom. The topological polar surface area (TPSA) is 67.3 Å². The molecule has 0 unspecified atom stereocenters. The van der Waals surface area contributed by atoms with Gasteiger partial charge in [0.1, 0.15) is 5.75 Å². The first-order valence-electron chi connectivity index (χ1n) is 8.72. The number of rotatable bonds is 4. The van der Waals surface area contributed by atoms with E-state index in [-0.39, 0.29) is 5.91 Å². The summed E-state index contributed by atoms with van der Waals surface area (Å²) < 4.78 is 5.35. The van der Waals surface area contributed by atoms with Gasteiger partial charge in [-0.15, -0.1) is 10.2 Å². The van der Waals surface area contributed by atoms with Crippen LogP contribution in [0.2, 0.25) is 0 Å². The van der Waals surface area contributed by atoms with Crippen LogP contribution >= 0.6 is 0 Å². The molecule has 3 rings (SSSR count). The summed E-state index contributed by atoms with van der Waals surface area (Å²) in [6.45, 7) is 3.63. The standard InChI is InChI=1S/C19H24N4O2/c1-14-7-9-17(25-2)16(13-14)20-18-10-8-15(21-22-18)19(24)23-11-5-3-4-6-12-23/h7-10,13H,3-6,11-12H2,1-2H3,(H,20,22). The normalized spacial score (nSPS) is 14.7. The van der Waals surface area contributed by atoms with Gasteiger partial charge in [0, 0.05) is 13.1 Å². The molecule has 6 heteroatoms. The lowest BCUT2D eigenvalue weighted by molar-refractivity contribution is 0.0754. The van der Waals surface area contributed by atoms with Crippen molar-refractivity contribution in [2.75, 3.05) is 25.5 Å². The maximum atomic E-state index is 12.6. The third-order valence-electron chi connectivity index (χ3n) is 4.39. The molecule has 1 fully saturated rings. The first-order valence-corrected chi connectivity index (χ1v) is 8.72. The molecule has 25 heavy (non-hydrogen) atoms. The van der Waals surface area contributed by atoms with E-state index in [0.29, 0.717) is 11.5 Å². The van der Waals surface area contributed by atoms with Crippen molar-refractivity contribution in [2.45, 2.75) is 32.6 Å². The molecule has 0 radical (unpaired) electrons. The highest BCUT2D eigenvalue weighted by atomic mass is 16.5. The minimum Gasteiger partial charge on any atom is -0.495 e. The maximum Gasteiger partial charge on any atom is 0.274 e. The highest BCUT2D eigenvalue weighted by Gasteiger charge is 2.18. The Bertz CT molecular complexity index is 723. The molecule has 0 bridgehead atoms. The van der Waals surface area contributed by atoms with Crippen LogP contribution in [-0.4, -0.2) is 41.2 Å². The largest absolute Gasteiger partial charge is 0.495 e. The number of methoxy groups -OCH3 is 1. The first-order chi connectivity index (χ1) is 12.2. The average Bonchev–Trinajstić information content (AvgIpc) is 2.91. The van der Waals surface area contributed by atoms with E-state index < -0.39 is 0 Å². The zero-order valence-corrected chi connectivity index (χ0v) is 14.8. The number of anilines is 2. The third-order valence-corrected chi connectivity index (χ3v) is 4.39. The fourth-order valence-corrected chi connectivity index (χ4v) is 3.01. The minimum absolute atomic E-state index is 0.0333. The van der Waals surface area contributed by atoms with E-state index in [1.165, 1.54) is 12.8 Å². The van der Waals surface area contributed by atoms with Crippen molar-refractivity contribution in [3.8, 4) is 5.75 Å². The van der Waals surface area contributed by atoms with Crippen LogP contribution in [0, 0.1) is 6.92 Å². The second-order valence-electron chi connectivity index (χ2n) is 6.34. The van der Waals surface area contributed by atoms with Crippen molar-refractivity contribution < 1.29 is 9.53 Å². The molecule has 6 nitrogen and oxygen atoms in total. The number of carbonyl (C=O) groups is 1. The van der Waals surface area contributed by atoms with Crippen LogP contribution in [0.5, 0.6) is 5.75 Å². The Hall–Kier alpha value is -2.63. The van der Waals surface area contributed by atoms with Gasteiger partial charge in [0.25, 0.3) is 5.91 Å². The Morgan fingerprint density at radius 1 is 1.08 bits per heavy atom. The second-order valence-corrected chi connectivity index (χ2v) is 6.34. The summed E-state index contributed by atoms with van der Waals surface area (Å²) in [6, 6.07) is 9.38. The first kappa shape index (κ1) is 17.2. The third kappa shape index (κ3) is 4.26. The van der Waals surface area contributed by atoms with Gasteiger partial charge in [-0.2, -0.15) is 0 Å². The van der Waals surface area contributed by atoms with Crippen LogP contribution in [0.25, 0.3) is 0 Å². The molecule has 1 N–H and O–H groups in total. The van der Waals surface area contributed by atoms with Crippen molar-refractivity contribution in [3.05, 3.63) is 41.6 Å². The summed E-state index contributed by atoms with van der Waals surface area (Å²) in [5, 5.41) is 11.5. The van der Waals surface area contributed by atoms with Crippen LogP contribution in [0.15, 0.2) is 30.3 Å². The number of hydrogen-bond acceptors (Lipinski definition) is 5. The van der Waals surface area contributed by atoms with Gasteiger partial charge in [-0.1, -0.05) is 18.9 Å². The summed E-state index contributed by atoms with van der Waals surface area (Å²) in [5.41, 5.74) is 2.33. The molecule has 1 aromatic carbocycles. The summed E-state index contributed by atoms with van der Waals surface area (Å²) >= 11 is 0. The number of nitrogens with one attached hydrogen (secondary N) is 1. The predicted molar refractivity (Wildman–Crippen MR) is 97.4 cm³/mol. The van der Waals surface area contributed by atoms with E-state index in [4.69, 9.17) is 4.74 Å². The summed E-state index contributed by atoms with van der Waals surface area (Å²) in [6.07, 6.45) is 4.51. The second kappa shape index (κ2) is 7.96. The van der Waals surface area contributed by atoms with E-state index in [9.17, 15) is 4.79 Å². The average molecular weight is 340 g/mol. The molecule has 1 saturated heterocycles. The highest BCUT2D eigenvalue weighted by Crippen LogP contribution is 2.27. The van der Waals surface area contributed by atoms with Crippen LogP contribution in [0.3, 0.4) is 0 Å². The molecule has 0 saturated carbocycles. The lowest BCUT2D eigenvalue weighted by Crippen LogP contribution is -2.32. The zero-order chi connectivity index (χ0) is 17.6. The van der Waals surface area contributed by atoms with Gasteiger partial charge in [-0.3, -0.25) is 4.79 Å². The van der Waals surface area contributed by atoms with Crippen molar-refractivity contribution in [2.24, 2.45) is 0 Å². The lowest BCUT2D eigenvalue weighted by Gasteiger charge is -2.19. The van der Waals surface area contributed by atoms with Crippen molar-refractivity contribution >= 4 is 17.4 Å². The molecule has 2 aromatic rings. The van der Waals surface area contributed by atoms with Crippen LogP contribution in [0.4, 0.5) is 11.5 Å². The number of hydrogen-bond donors (Lipinski definition) is 1. The molecule has 1 aromatic heterocycles. The predicted octanol–water partition coefficient (Wildman–Crippen LogP) is 3.55. The highest BCUT2D eigenvalue weighted by molar-refractivity contribution is 5.92. The molecule has 0 spiro atoms. The van der Waals surface area contributed by atoms with E-state index in [1.807, 2.05) is 30.0 Å². The van der Waals surface area contributed by atoms with Crippen molar-refractivity contribution in [1.82, 2.24) is 15.1 Å². The monoisotopic (exact) mass is 340 g/mol. The summed E-state index contributed by atoms with van der Waals surface area (Å²) in [4.78, 5) is 14.4. The minimum atomic E-state index is -0.0333. The zero-order valence-electron chi connectivity index (χ0n) is 14.8. The fraction of sp³-hybridized carbons (Fsp3) is 0.421. The van der Waals surface area contributed by atoms with Crippen LogP contribution < -0.4 is 10.1 Å². The molecule has 1 aliphatic heterocycles. The number of carbonyl (C=O) groups excluding carboxylic acids is 1. The van der Waals surface area contributed by atoms with Crippen molar-refractivity contribution in [3.63, 3.8) is 0 Å². The maximum absolute atomic E-state index is 12.6. The van der Waals surface area contributed by atoms with E-state index in [2.05, 4.69) is 15.5 Å². The number of aryl methyl sites for hydroxylation is 1. The van der Waals surface area contributed by atoms with Crippen molar-refractivity contribution in [1.29, 1.82) is 0 Å². The number of ether oxygens (including phenoxy) is 1. The molecule has 2 heterocycles. The Morgan fingerprint density at radius 3 is 2.48 bits per heavy atom.